The van der Waals surface area contributed by atoms with Crippen LogP contribution < -0.4 is 80.9 Å². The smallest absolute Gasteiger partial charge is 1.00 e. The van der Waals surface area contributed by atoms with Crippen molar-refractivity contribution < 1.29 is 118 Å². The van der Waals surface area contributed by atoms with Crippen LogP contribution in [0.25, 0.3) is 0 Å². The molecule has 8 heavy (non-hydrogen) atoms. The molecule has 0 saturated heterocycles. The van der Waals surface area contributed by atoms with Gasteiger partial charge in [0.2, 0.25) is 0 Å². The van der Waals surface area contributed by atoms with Crippen molar-refractivity contribution in [2.45, 2.75) is 0 Å². The molecule has 0 fully saturated rings. The van der Waals surface area contributed by atoms with Gasteiger partial charge in [0.15, 0.2) is 0 Å². The fraction of sp³-hybridized carbons (Fsp3) is 0. The van der Waals surface area contributed by atoms with E-state index in [9.17, 15) is 0 Å². The van der Waals surface area contributed by atoms with Gasteiger partial charge in [-0.2, -0.15) is 8.42 Å². The molecule has 0 aromatic rings. The zero-order chi connectivity index (χ0) is 4.50. The number of hydrogen-bond acceptors (Lipinski definition) is 2. The first-order chi connectivity index (χ1) is 2.00. The number of hydrogen-bond donors (Lipinski definition) is 2. The minimum absolute atomic E-state index is 0. The molecule has 0 unspecified atom stereocenters. The van der Waals surface area contributed by atoms with E-state index in [0.29, 0.717) is 0 Å². The van der Waals surface area contributed by atoms with Crippen molar-refractivity contribution in [3.8, 4) is 0 Å². The minimum Gasteiger partial charge on any atom is -1.00 e. The van der Waals surface area contributed by atoms with E-state index in [2.05, 4.69) is 0 Å². The molecule has 0 radical (unpaired) electrons. The van der Waals surface area contributed by atoms with Crippen LogP contribution in [0.2, 0.25) is 0 Å². The van der Waals surface area contributed by atoms with Crippen LogP contribution in [-0.2, 0) is 26.9 Å². The molecule has 0 aliphatic rings. The second-order valence-electron chi connectivity index (χ2n) is 0.448. The first-order valence-electron chi connectivity index (χ1n) is 0.698. The van der Waals surface area contributed by atoms with Gasteiger partial charge in [0.05, 0.1) is 0 Å². The third-order valence-electron chi connectivity index (χ3n) is 0. The van der Waals surface area contributed by atoms with Gasteiger partial charge < -0.3 is 2.85 Å². The maximum atomic E-state index is 8.74. The van der Waals surface area contributed by atoms with Crippen LogP contribution in [0.1, 0.15) is 2.85 Å². The maximum absolute atomic E-state index is 8.74. The molecule has 0 heterocycles. The van der Waals surface area contributed by atoms with Crippen LogP contribution >= 0.6 is 0 Å². The van der Waals surface area contributed by atoms with Gasteiger partial charge in [0.25, 0.3) is 0 Å². The van der Waals surface area contributed by atoms with Crippen molar-refractivity contribution in [1.29, 1.82) is 0 Å². The molecule has 0 aliphatic carbocycles. The second-order valence-corrected chi connectivity index (χ2v) is 1.34. The van der Waals surface area contributed by atoms with Gasteiger partial charge in [-0.15, -0.1) is 0 Å². The quantitative estimate of drug-likeness (QED) is 0.315. The summed E-state index contributed by atoms with van der Waals surface area (Å²) in [6.07, 6.45) is 0. The van der Waals surface area contributed by atoms with Gasteiger partial charge in [-0.3, -0.25) is 9.11 Å². The third kappa shape index (κ3) is 64.0. The SMILES string of the molecule is O=S(=O)(O)O.[H-].[H-].[K+].[Na+].[Ni]. The Balaban J connectivity index is -0.00000000800. The van der Waals surface area contributed by atoms with Gasteiger partial charge >= 0.3 is 91.3 Å². The van der Waals surface area contributed by atoms with Gasteiger partial charge in [-0.05, 0) is 0 Å². The Bertz CT molecular complexity index is 106. The second kappa shape index (κ2) is 10.00. The summed E-state index contributed by atoms with van der Waals surface area (Å²) >= 11 is 0. The molecule has 0 spiro atoms. The summed E-state index contributed by atoms with van der Waals surface area (Å²) < 4.78 is 31.6. The van der Waals surface area contributed by atoms with E-state index in [1.165, 1.54) is 0 Å². The fourth-order valence-electron chi connectivity index (χ4n) is 0. The molecule has 46 valence electrons. The Morgan fingerprint density at radius 2 is 1.25 bits per heavy atom. The van der Waals surface area contributed by atoms with Crippen LogP contribution in [0, 0.1) is 0 Å². The first-order valence-corrected chi connectivity index (χ1v) is 2.10. The van der Waals surface area contributed by atoms with Crippen LogP contribution in [0.3, 0.4) is 0 Å². The summed E-state index contributed by atoms with van der Waals surface area (Å²) in [4.78, 5) is 0. The minimum atomic E-state index is -4.67. The Morgan fingerprint density at radius 1 is 1.25 bits per heavy atom. The molecule has 0 rings (SSSR count). The monoisotopic (exact) mass is 220 g/mol. The van der Waals surface area contributed by atoms with Gasteiger partial charge in [-0.25, -0.2) is 0 Å². The summed E-state index contributed by atoms with van der Waals surface area (Å²) in [6, 6.07) is 0. The molecule has 0 saturated carbocycles. The van der Waals surface area contributed by atoms with Crippen molar-refractivity contribution in [3.05, 3.63) is 0 Å². The Labute approximate surface area is 125 Å². The van der Waals surface area contributed by atoms with E-state index in [4.69, 9.17) is 17.5 Å². The summed E-state index contributed by atoms with van der Waals surface area (Å²) in [5, 5.41) is 0. The fourth-order valence-corrected chi connectivity index (χ4v) is 0. The average molecular weight is 221 g/mol. The molecule has 0 aliphatic heterocycles. The summed E-state index contributed by atoms with van der Waals surface area (Å²) in [7, 11) is -4.67. The molecule has 8 heteroatoms. The Kier molecular flexibility index (Phi) is 28.1. The van der Waals surface area contributed by atoms with E-state index in [0.717, 1.165) is 0 Å². The zero-order valence-electron chi connectivity index (χ0n) is 6.44. The van der Waals surface area contributed by atoms with Crippen LogP contribution in [0.15, 0.2) is 0 Å². The molecule has 4 nitrogen and oxygen atoms in total. The number of rotatable bonds is 0. The zero-order valence-corrected chi connectivity index (χ0v) is 11.4. The predicted molar refractivity (Wildman–Crippen MR) is 16.4 cm³/mol. The molecule has 0 amide bonds. The molecule has 0 aromatic heterocycles. The van der Waals surface area contributed by atoms with E-state index < -0.39 is 10.4 Å². The van der Waals surface area contributed by atoms with Crippen LogP contribution in [-0.4, -0.2) is 17.5 Å². The largest absolute Gasteiger partial charge is 1.00 e. The van der Waals surface area contributed by atoms with Crippen molar-refractivity contribution in [3.63, 3.8) is 0 Å². The summed E-state index contributed by atoms with van der Waals surface area (Å²) in [5.41, 5.74) is 0. The van der Waals surface area contributed by atoms with E-state index >= 15 is 0 Å². The van der Waals surface area contributed by atoms with Crippen molar-refractivity contribution in [1.82, 2.24) is 0 Å². The Hall–Kier alpha value is 3.00. The van der Waals surface area contributed by atoms with Crippen LogP contribution in [0.4, 0.5) is 0 Å². The predicted octanol–water partition coefficient (Wildman–Crippen LogP) is -6.42. The molecule has 0 bridgehead atoms. The third-order valence-corrected chi connectivity index (χ3v) is 0. The molecular weight excluding hydrogens is 217 g/mol. The van der Waals surface area contributed by atoms with E-state index in [1.54, 1.807) is 0 Å². The van der Waals surface area contributed by atoms with E-state index in [1.807, 2.05) is 0 Å². The van der Waals surface area contributed by atoms with E-state index in [-0.39, 0.29) is 100 Å². The molecule has 0 atom stereocenters. The van der Waals surface area contributed by atoms with Crippen molar-refractivity contribution in [2.24, 2.45) is 0 Å². The molecule has 0 aromatic carbocycles. The van der Waals surface area contributed by atoms with Gasteiger partial charge in [0.1, 0.15) is 0 Å². The first kappa shape index (κ1) is 22.4. The van der Waals surface area contributed by atoms with Gasteiger partial charge in [-0.1, -0.05) is 0 Å². The van der Waals surface area contributed by atoms with Gasteiger partial charge in [0, 0.05) is 16.5 Å². The van der Waals surface area contributed by atoms with Crippen molar-refractivity contribution in [2.75, 3.05) is 0 Å². The normalized spacial score (nSPS) is 7.25. The average Bonchev–Trinajstić information content (AvgIpc) is 0.722. The topological polar surface area (TPSA) is 74.6 Å². The standard InChI is InChI=1S/K.Na.Ni.H2O4S.2H/c;;;1-5(2,3)4;;/h;;;(H2,1,2,3,4);;/q2*+1;;;2*-1. The molecule has 2 N–H and O–H groups in total. The molecular formula is H4KNaNiO4S. The maximum Gasteiger partial charge on any atom is 1.00 e. The Morgan fingerprint density at radius 3 is 1.25 bits per heavy atom. The summed E-state index contributed by atoms with van der Waals surface area (Å²) in [6.45, 7) is 0. The van der Waals surface area contributed by atoms with Crippen LogP contribution in [0.5, 0.6) is 0 Å². The summed E-state index contributed by atoms with van der Waals surface area (Å²) in [5.74, 6) is 0. The van der Waals surface area contributed by atoms with Crippen molar-refractivity contribution >= 4 is 10.4 Å².